The van der Waals surface area contributed by atoms with Crippen molar-refractivity contribution in [2.75, 3.05) is 19.4 Å². The van der Waals surface area contributed by atoms with Crippen LogP contribution in [0.3, 0.4) is 0 Å². The molecule has 0 aliphatic heterocycles. The van der Waals surface area contributed by atoms with Crippen LogP contribution in [-0.2, 0) is 6.16 Å². The molecule has 0 saturated carbocycles. The third-order valence-corrected chi connectivity index (χ3v) is 8.13. The van der Waals surface area contributed by atoms with Gasteiger partial charge in [-0.05, 0) is 29.8 Å². The van der Waals surface area contributed by atoms with Gasteiger partial charge in [0, 0.05) is 0 Å². The van der Waals surface area contributed by atoms with Crippen LogP contribution in [0.5, 0.6) is 5.75 Å². The molecule has 0 aromatic heterocycles. The minimum atomic E-state index is -1.31. The fraction of sp³-hybridized carbons (Fsp3) is 0.182. The minimum absolute atomic E-state index is 0.760. The van der Waals surface area contributed by atoms with Gasteiger partial charge in [0.05, 0.1) is 31.6 Å². The lowest BCUT2D eigenvalue weighted by Crippen LogP contribution is -2.19. The standard InChI is InChI=1S/C22H24OP/c1-24(22-15-9-4-10-16-22,19-20-11-5-2-6-12-20)18-17-23-21-13-7-3-8-14-21/h2-16H,17-19H2,1H3/q+1. The first kappa shape index (κ1) is 16.7. The molecule has 0 radical (unpaired) electrons. The van der Waals surface area contributed by atoms with E-state index in [1.54, 1.807) is 0 Å². The Hall–Kier alpha value is -2.11. The van der Waals surface area contributed by atoms with Crippen molar-refractivity contribution in [2.45, 2.75) is 6.16 Å². The molecule has 1 nitrogen and oxygen atoms in total. The number of hydrogen-bond acceptors (Lipinski definition) is 1. The Morgan fingerprint density at radius 1 is 0.708 bits per heavy atom. The summed E-state index contributed by atoms with van der Waals surface area (Å²) in [7, 11) is -1.31. The van der Waals surface area contributed by atoms with E-state index in [2.05, 4.69) is 67.3 Å². The lowest BCUT2D eigenvalue weighted by Gasteiger charge is -2.23. The zero-order chi connectivity index (χ0) is 16.7. The summed E-state index contributed by atoms with van der Waals surface area (Å²) in [6, 6.07) is 31.9. The van der Waals surface area contributed by atoms with E-state index in [1.165, 1.54) is 10.9 Å². The first-order valence-electron chi connectivity index (χ1n) is 8.38. The van der Waals surface area contributed by atoms with E-state index >= 15 is 0 Å². The van der Waals surface area contributed by atoms with Crippen molar-refractivity contribution in [1.29, 1.82) is 0 Å². The highest BCUT2D eigenvalue weighted by Gasteiger charge is 2.34. The van der Waals surface area contributed by atoms with Crippen molar-refractivity contribution >= 4 is 12.6 Å². The zero-order valence-electron chi connectivity index (χ0n) is 14.1. The predicted molar refractivity (Wildman–Crippen MR) is 106 cm³/mol. The average molecular weight is 335 g/mol. The summed E-state index contributed by atoms with van der Waals surface area (Å²) in [4.78, 5) is 0. The van der Waals surface area contributed by atoms with Crippen LogP contribution < -0.4 is 10.0 Å². The molecule has 24 heavy (non-hydrogen) atoms. The summed E-state index contributed by atoms with van der Waals surface area (Å²) in [5, 5.41) is 1.48. The van der Waals surface area contributed by atoms with Crippen LogP contribution in [0.2, 0.25) is 0 Å². The smallest absolute Gasteiger partial charge is 0.122 e. The fourth-order valence-corrected chi connectivity index (χ4v) is 5.96. The molecule has 0 N–H and O–H groups in total. The zero-order valence-corrected chi connectivity index (χ0v) is 15.0. The normalized spacial score (nSPS) is 13.2. The fourth-order valence-electron chi connectivity index (χ4n) is 2.96. The Morgan fingerprint density at radius 2 is 1.25 bits per heavy atom. The Morgan fingerprint density at radius 3 is 1.88 bits per heavy atom. The molecule has 1 atom stereocenters. The average Bonchev–Trinajstić information content (AvgIpc) is 2.64. The van der Waals surface area contributed by atoms with Gasteiger partial charge < -0.3 is 4.74 Å². The van der Waals surface area contributed by atoms with Gasteiger partial charge in [-0.1, -0.05) is 66.7 Å². The van der Waals surface area contributed by atoms with Gasteiger partial charge >= 0.3 is 0 Å². The van der Waals surface area contributed by atoms with Gasteiger partial charge in [-0.25, -0.2) is 0 Å². The SMILES string of the molecule is C[P+](CCOc1ccccc1)(Cc1ccccc1)c1ccccc1. The monoisotopic (exact) mass is 335 g/mol. The molecule has 0 amide bonds. The maximum atomic E-state index is 5.99. The Balaban J connectivity index is 1.74. The number of hydrogen-bond donors (Lipinski definition) is 0. The molecule has 3 aromatic rings. The lowest BCUT2D eigenvalue weighted by molar-refractivity contribution is 0.342. The van der Waals surface area contributed by atoms with Gasteiger partial charge in [-0.2, -0.15) is 0 Å². The highest BCUT2D eigenvalue weighted by atomic mass is 31.2. The Bertz CT molecular complexity index is 728. The molecule has 0 aliphatic rings. The van der Waals surface area contributed by atoms with Crippen LogP contribution in [0.1, 0.15) is 5.56 Å². The number of benzene rings is 3. The molecule has 2 heteroatoms. The lowest BCUT2D eigenvalue weighted by atomic mass is 10.2. The summed E-state index contributed by atoms with van der Waals surface area (Å²) >= 11 is 0. The Labute approximate surface area is 145 Å². The van der Waals surface area contributed by atoms with E-state index in [0.717, 1.165) is 24.7 Å². The van der Waals surface area contributed by atoms with Gasteiger partial charge in [0.2, 0.25) is 0 Å². The topological polar surface area (TPSA) is 9.23 Å². The molecule has 0 bridgehead atoms. The van der Waals surface area contributed by atoms with Crippen LogP contribution in [0.25, 0.3) is 0 Å². The van der Waals surface area contributed by atoms with Gasteiger partial charge in [0.25, 0.3) is 0 Å². The van der Waals surface area contributed by atoms with Gasteiger partial charge in [0.1, 0.15) is 12.4 Å². The summed E-state index contributed by atoms with van der Waals surface area (Å²) < 4.78 is 5.99. The first-order valence-corrected chi connectivity index (χ1v) is 11.0. The molecule has 0 aliphatic carbocycles. The molecule has 0 saturated heterocycles. The second-order valence-electron chi connectivity index (χ2n) is 6.26. The number of ether oxygens (including phenoxy) is 1. The molecular weight excluding hydrogens is 311 g/mol. The summed E-state index contributed by atoms with van der Waals surface area (Å²) in [5.74, 6) is 0.955. The van der Waals surface area contributed by atoms with Crippen molar-refractivity contribution in [2.24, 2.45) is 0 Å². The van der Waals surface area contributed by atoms with E-state index in [9.17, 15) is 0 Å². The van der Waals surface area contributed by atoms with E-state index in [0.29, 0.717) is 0 Å². The number of rotatable bonds is 7. The maximum Gasteiger partial charge on any atom is 0.122 e. The predicted octanol–water partition coefficient (Wildman–Crippen LogP) is 5.24. The van der Waals surface area contributed by atoms with E-state index < -0.39 is 7.26 Å². The molecule has 3 rings (SSSR count). The molecule has 122 valence electrons. The minimum Gasteiger partial charge on any atom is -0.490 e. The highest BCUT2D eigenvalue weighted by Crippen LogP contribution is 2.56. The summed E-state index contributed by atoms with van der Waals surface area (Å²) in [6.45, 7) is 3.21. The first-order chi connectivity index (χ1) is 11.8. The highest BCUT2D eigenvalue weighted by molar-refractivity contribution is 7.81. The second-order valence-corrected chi connectivity index (χ2v) is 10.3. The Kier molecular flexibility index (Phi) is 5.67. The van der Waals surface area contributed by atoms with Crippen molar-refractivity contribution in [3.05, 3.63) is 96.6 Å². The van der Waals surface area contributed by atoms with Crippen molar-refractivity contribution in [1.82, 2.24) is 0 Å². The largest absolute Gasteiger partial charge is 0.490 e. The van der Waals surface area contributed by atoms with E-state index in [4.69, 9.17) is 4.74 Å². The molecule has 0 spiro atoms. The van der Waals surface area contributed by atoms with Crippen LogP contribution >= 0.6 is 7.26 Å². The van der Waals surface area contributed by atoms with Gasteiger partial charge in [-0.15, -0.1) is 0 Å². The van der Waals surface area contributed by atoms with Crippen molar-refractivity contribution < 1.29 is 4.74 Å². The quantitative estimate of drug-likeness (QED) is 0.537. The third kappa shape index (κ3) is 4.46. The summed E-state index contributed by atoms with van der Waals surface area (Å²) in [5.41, 5.74) is 1.41. The van der Waals surface area contributed by atoms with E-state index in [1.807, 2.05) is 30.3 Å². The summed E-state index contributed by atoms with van der Waals surface area (Å²) in [6.07, 6.45) is 2.21. The third-order valence-electron chi connectivity index (χ3n) is 4.35. The molecule has 0 fully saturated rings. The number of para-hydroxylation sites is 1. The molecular formula is C22H24OP+. The second kappa shape index (κ2) is 8.13. The van der Waals surface area contributed by atoms with Gasteiger partial charge in [-0.3, -0.25) is 0 Å². The van der Waals surface area contributed by atoms with Crippen LogP contribution in [0.4, 0.5) is 0 Å². The maximum absolute atomic E-state index is 5.99. The van der Waals surface area contributed by atoms with Crippen LogP contribution in [-0.4, -0.2) is 19.4 Å². The van der Waals surface area contributed by atoms with Crippen LogP contribution in [0, 0.1) is 0 Å². The molecule has 1 unspecified atom stereocenters. The van der Waals surface area contributed by atoms with Crippen molar-refractivity contribution in [3.8, 4) is 5.75 Å². The van der Waals surface area contributed by atoms with Crippen LogP contribution in [0.15, 0.2) is 91.0 Å². The van der Waals surface area contributed by atoms with Crippen molar-refractivity contribution in [3.63, 3.8) is 0 Å². The van der Waals surface area contributed by atoms with Gasteiger partial charge in [0.15, 0.2) is 0 Å². The molecule has 3 aromatic carbocycles. The molecule has 0 heterocycles. The van der Waals surface area contributed by atoms with E-state index in [-0.39, 0.29) is 0 Å².